The predicted octanol–water partition coefficient (Wildman–Crippen LogP) is 24.7. The Labute approximate surface area is 678 Å². The Morgan fingerprint density at radius 1 is 0.345 bits per heavy atom. The van der Waals surface area contributed by atoms with Gasteiger partial charge in [0.1, 0.15) is 5.58 Å². The molecule has 17 heteroatoms. The first-order chi connectivity index (χ1) is 54.5. The summed E-state index contributed by atoms with van der Waals surface area (Å²) in [7, 11) is 13.8. The number of hydrogen-bond donors (Lipinski definition) is 0. The molecule has 0 aliphatic carbocycles. The van der Waals surface area contributed by atoms with Gasteiger partial charge in [0.2, 0.25) is 12.6 Å². The van der Waals surface area contributed by atoms with Crippen molar-refractivity contribution in [2.45, 2.75) is 0 Å². The number of oxazole rings is 1. The molecule has 0 saturated carbocycles. The molecule has 7 aromatic heterocycles. The Kier molecular flexibility index (Phi) is 22.4. The van der Waals surface area contributed by atoms with E-state index in [0.29, 0.717) is 28.8 Å². The van der Waals surface area contributed by atoms with Crippen molar-refractivity contribution in [2.24, 2.45) is 0 Å². The van der Waals surface area contributed by atoms with Crippen LogP contribution in [0.2, 0.25) is 0 Å². The summed E-state index contributed by atoms with van der Waals surface area (Å²) in [6.45, 7) is 0.226. The average Bonchev–Trinajstić information content (AvgIpc) is 1.30. The topological polar surface area (TPSA) is 135 Å². The summed E-state index contributed by atoms with van der Waals surface area (Å²) < 4.78 is 16.8. The molecule has 0 radical (unpaired) electrons. The van der Waals surface area contributed by atoms with Crippen LogP contribution < -0.4 is 9.47 Å². The Morgan fingerprint density at radius 3 is 1.59 bits per heavy atom. The van der Waals surface area contributed by atoms with E-state index in [1.807, 2.05) is 97.5 Å². The second-order valence-corrected chi connectivity index (χ2v) is 25.3. The van der Waals surface area contributed by atoms with Crippen molar-refractivity contribution in [3.8, 4) is 101 Å². The maximum atomic E-state index is 5.95. The molecular formula is C93H55Cl3N8O3Pt3. The fourth-order valence-corrected chi connectivity index (χ4v) is 14.1. The van der Waals surface area contributed by atoms with Gasteiger partial charge < -0.3 is 13.9 Å². The standard InChI is InChI=1S/C36H23N2.C35H20N3.C22H12N3O3.3ClH.3Pt/c1-5-13-25(14-6-1)31-23-33(27-17-9-3-10-18-27)37-35-29(31)21-22-30-32(26-15-7-2-8-16-26)24-34(38-36(30)35)28-19-11-4-12-20-28;1-3-9-25-23(7-1)19-32(28-12-6-5-11-27(25)28)33-20-31(22-15-17-36-18-16-22)30-14-13-29-26-10-4-2-8-24(26)21-37-34(29)35(30)38-33;1-2-6-16-14(4-1)11-23-21(24-16)22-25-20-15(5-3-7-18(20)28-22)13-8-9-17-19(10-13)27-12-26-17;;;;;;/h1-19,21-24H;1-18,20-21H;1-7,9-11H,12H2;3*1H;;;/q3*-1;;;;3*+2/p-3. The van der Waals surface area contributed by atoms with Gasteiger partial charge in [0.25, 0.3) is 5.89 Å². The number of halogens is 3. The molecule has 1 aliphatic rings. The molecule has 20 aromatic rings. The summed E-state index contributed by atoms with van der Waals surface area (Å²) in [5.74, 6) is 2.23. The first-order valence-corrected chi connectivity index (χ1v) is 43.1. The number of ether oxygens (including phenoxy) is 2. The van der Waals surface area contributed by atoms with Crippen LogP contribution in [-0.2, 0) is 56.3 Å². The largest absolute Gasteiger partial charge is 0.500 e. The SMILES string of the molecule is [Cl][Pt+].[Cl][Pt+].[Cl][Pt+].[c-]1c(-c2cc(-c3ccncc3)c3ccc4c5ccccc5cnc4c3n2)c2ccccc2c2ccccc12.[c-]1cc2c(cc1-c1cccc3oc(-c4ncc5ccccc5n4)nc13)OCO2.[c-]1ccccc1-c1cc(-c2ccccc2)c2ccc3c(-c4ccccc4)cc(-c4ccccc4)nc3c2n1. The Morgan fingerprint density at radius 2 is 0.891 bits per heavy atom. The van der Waals surface area contributed by atoms with Gasteiger partial charge in [-0.2, -0.15) is 0 Å². The molecule has 13 aromatic carbocycles. The Balaban J connectivity index is 0.000000123. The summed E-state index contributed by atoms with van der Waals surface area (Å²) in [5, 5.41) is 12.2. The van der Waals surface area contributed by atoms with E-state index in [4.69, 9.17) is 33.8 Å². The molecule has 8 heterocycles. The van der Waals surface area contributed by atoms with Crippen molar-refractivity contribution in [3.63, 3.8) is 0 Å². The van der Waals surface area contributed by atoms with Gasteiger partial charge in [-0.3, -0.25) is 19.9 Å². The minimum absolute atomic E-state index is 0.226. The van der Waals surface area contributed by atoms with E-state index in [9.17, 15) is 0 Å². The van der Waals surface area contributed by atoms with E-state index in [1.54, 1.807) is 68.6 Å². The zero-order valence-corrected chi connectivity index (χ0v) is 66.8. The van der Waals surface area contributed by atoms with Crippen LogP contribution in [0.5, 0.6) is 11.5 Å². The smallest absolute Gasteiger partial charge is 0.265 e. The molecule has 11 nitrogen and oxygen atoms in total. The van der Waals surface area contributed by atoms with Crippen LogP contribution in [0.4, 0.5) is 0 Å². The summed E-state index contributed by atoms with van der Waals surface area (Å²) in [4.78, 5) is 38.7. The molecule has 1 aliphatic heterocycles. The third kappa shape index (κ3) is 14.7. The first-order valence-electron chi connectivity index (χ1n) is 34.6. The Hall–Kier alpha value is -11.2. The molecule has 0 fully saturated rings. The molecule has 0 N–H and O–H groups in total. The van der Waals surface area contributed by atoms with Crippen molar-refractivity contribution in [1.82, 2.24) is 39.9 Å². The van der Waals surface area contributed by atoms with Gasteiger partial charge in [-0.05, 0) is 74.8 Å². The second-order valence-electron chi connectivity index (χ2n) is 25.3. The second kappa shape index (κ2) is 33.7. The van der Waals surface area contributed by atoms with Crippen LogP contribution in [0, 0.1) is 18.2 Å². The van der Waals surface area contributed by atoms with Crippen LogP contribution in [0.3, 0.4) is 0 Å². The number of nitrogens with zero attached hydrogens (tertiary/aromatic N) is 8. The van der Waals surface area contributed by atoms with Crippen LogP contribution in [0.25, 0.3) is 188 Å². The molecule has 0 atom stereocenters. The van der Waals surface area contributed by atoms with Gasteiger partial charge in [0.05, 0.1) is 50.3 Å². The number of pyridine rings is 5. The van der Waals surface area contributed by atoms with Crippen LogP contribution in [-0.4, -0.2) is 46.7 Å². The molecule has 0 spiro atoms. The molecule has 110 heavy (non-hydrogen) atoms. The van der Waals surface area contributed by atoms with E-state index in [0.717, 1.165) is 154 Å². The van der Waals surface area contributed by atoms with E-state index >= 15 is 0 Å². The van der Waals surface area contributed by atoms with E-state index < -0.39 is 0 Å². The summed E-state index contributed by atoms with van der Waals surface area (Å²) in [6.07, 6.45) is 7.41. The maximum absolute atomic E-state index is 5.95. The Bertz CT molecular complexity index is 6600. The van der Waals surface area contributed by atoms with Gasteiger partial charge in [0, 0.05) is 68.4 Å². The van der Waals surface area contributed by atoms with Crippen molar-refractivity contribution in [3.05, 3.63) is 340 Å². The monoisotopic (exact) mass is 2020 g/mol. The molecule has 536 valence electrons. The average molecular weight is 2020 g/mol. The number of benzene rings is 13. The van der Waals surface area contributed by atoms with Crippen LogP contribution >= 0.6 is 28.3 Å². The number of aromatic nitrogens is 8. The molecule has 0 amide bonds. The van der Waals surface area contributed by atoms with Crippen LogP contribution in [0.15, 0.2) is 326 Å². The van der Waals surface area contributed by atoms with Crippen LogP contribution in [0.1, 0.15) is 0 Å². The van der Waals surface area contributed by atoms with Gasteiger partial charge in [-0.25, -0.2) is 19.9 Å². The summed E-state index contributed by atoms with van der Waals surface area (Å²) in [5.41, 5.74) is 20.1. The zero-order valence-electron chi connectivity index (χ0n) is 57.7. The van der Waals surface area contributed by atoms with Gasteiger partial charge in [-0.1, -0.05) is 258 Å². The molecular weight excluding hydrogens is 1970 g/mol. The first kappa shape index (κ1) is 72.9. The van der Waals surface area contributed by atoms with E-state index in [-0.39, 0.29) is 6.79 Å². The number of rotatable bonds is 8. The third-order valence-corrected chi connectivity index (χ3v) is 19.1. The fourth-order valence-electron chi connectivity index (χ4n) is 14.1. The van der Waals surface area contributed by atoms with Crippen molar-refractivity contribution in [1.29, 1.82) is 0 Å². The van der Waals surface area contributed by atoms with E-state index in [2.05, 4.69) is 279 Å². The molecule has 0 saturated heterocycles. The van der Waals surface area contributed by atoms with Gasteiger partial charge in [0.15, 0.2) is 0 Å². The zero-order chi connectivity index (χ0) is 74.9. The molecule has 0 bridgehead atoms. The molecule has 0 unspecified atom stereocenters. The van der Waals surface area contributed by atoms with Gasteiger partial charge in [-0.15, -0.1) is 71.1 Å². The van der Waals surface area contributed by atoms with Crippen molar-refractivity contribution >= 4 is 126 Å². The minimum Gasteiger partial charge on any atom is -0.500 e. The van der Waals surface area contributed by atoms with Crippen molar-refractivity contribution in [2.75, 3.05) is 6.79 Å². The molecule has 21 rings (SSSR count). The van der Waals surface area contributed by atoms with E-state index in [1.165, 1.54) is 16.2 Å². The summed E-state index contributed by atoms with van der Waals surface area (Å²) in [6, 6.07) is 112. The normalized spacial score (nSPS) is 11.3. The minimum atomic E-state index is 0.226. The third-order valence-electron chi connectivity index (χ3n) is 19.1. The number of fused-ring (bicyclic) bond motifs is 14. The predicted molar refractivity (Wildman–Crippen MR) is 435 cm³/mol. The quantitative estimate of drug-likeness (QED) is 0.106. The maximum Gasteiger partial charge on any atom is 0.265 e. The summed E-state index contributed by atoms with van der Waals surface area (Å²) >= 11 is 4.83. The fraction of sp³-hybridized carbons (Fsp3) is 0.0108. The number of hydrogen-bond acceptors (Lipinski definition) is 11. The van der Waals surface area contributed by atoms with Gasteiger partial charge >= 0.3 is 84.6 Å². The van der Waals surface area contributed by atoms with Crippen molar-refractivity contribution < 1.29 is 70.2 Å². The number of para-hydroxylation sites is 2.